The van der Waals surface area contributed by atoms with Gasteiger partial charge in [-0.15, -0.1) is 0 Å². The molecule has 7 heteroatoms. The van der Waals surface area contributed by atoms with Gasteiger partial charge in [0.15, 0.2) is 17.6 Å². The first kappa shape index (κ1) is 20.9. The minimum Gasteiger partial charge on any atom is -0.480 e. The number of anilines is 1. The summed E-state index contributed by atoms with van der Waals surface area (Å²) < 4.78 is 16.7. The molecule has 1 N–H and O–H groups in total. The molecule has 5 rings (SSSR count). The molecular weight excluding hydrogens is 420 g/mol. The molecule has 2 heterocycles. The molecule has 2 amide bonds. The maximum Gasteiger partial charge on any atom is 0.264 e. The summed E-state index contributed by atoms with van der Waals surface area (Å²) in [6, 6.07) is 20.4. The molecule has 2 aliphatic rings. The van der Waals surface area contributed by atoms with Gasteiger partial charge in [-0.25, -0.2) is 0 Å². The number of hydrogen-bond donors (Lipinski definition) is 1. The third-order valence-electron chi connectivity index (χ3n) is 5.76. The third-order valence-corrected chi connectivity index (χ3v) is 5.76. The highest BCUT2D eigenvalue weighted by molar-refractivity contribution is 6.04. The van der Waals surface area contributed by atoms with E-state index in [2.05, 4.69) is 5.32 Å². The number of benzene rings is 3. The fourth-order valence-corrected chi connectivity index (χ4v) is 4.02. The Morgan fingerprint density at radius 2 is 1.79 bits per heavy atom. The van der Waals surface area contributed by atoms with E-state index in [4.69, 9.17) is 14.2 Å². The lowest BCUT2D eigenvalue weighted by Crippen LogP contribution is -2.38. The van der Waals surface area contributed by atoms with Crippen molar-refractivity contribution in [2.75, 3.05) is 12.1 Å². The molecule has 1 atom stereocenters. The minimum atomic E-state index is -0.538. The summed E-state index contributed by atoms with van der Waals surface area (Å²) in [5, 5.41) is 2.93. The summed E-state index contributed by atoms with van der Waals surface area (Å²) in [5.74, 6) is 1.54. The van der Waals surface area contributed by atoms with Crippen molar-refractivity contribution in [2.45, 2.75) is 32.5 Å². The molecule has 0 bridgehead atoms. The summed E-state index contributed by atoms with van der Waals surface area (Å²) in [5.41, 5.74) is 2.99. The van der Waals surface area contributed by atoms with Crippen LogP contribution in [-0.4, -0.2) is 29.6 Å². The number of fused-ring (bicyclic) bond motifs is 2. The highest BCUT2D eigenvalue weighted by Gasteiger charge is 2.30. The molecule has 33 heavy (non-hydrogen) atoms. The van der Waals surface area contributed by atoms with Crippen LogP contribution < -0.4 is 19.5 Å². The minimum absolute atomic E-state index is 0.0384. The molecule has 0 saturated carbocycles. The van der Waals surface area contributed by atoms with Crippen LogP contribution in [0.5, 0.6) is 17.2 Å². The Hall–Kier alpha value is -4.00. The van der Waals surface area contributed by atoms with Crippen molar-refractivity contribution in [3.8, 4) is 17.2 Å². The van der Waals surface area contributed by atoms with E-state index in [0.717, 1.165) is 11.1 Å². The van der Waals surface area contributed by atoms with E-state index in [1.54, 1.807) is 29.2 Å². The van der Waals surface area contributed by atoms with Crippen LogP contribution in [0.15, 0.2) is 66.7 Å². The standard InChI is InChI=1S/C26H24N2O5/c1-2-21-26(30)28(14-17-6-4-3-5-7-17)15-19-12-20(9-11-22(19)33-21)27-25(29)18-8-10-23-24(13-18)32-16-31-23/h3-13,21H,2,14-16H2,1H3,(H,27,29)/t21-/m0/s1. The Bertz CT molecular complexity index is 1190. The lowest BCUT2D eigenvalue weighted by atomic mass is 10.1. The van der Waals surface area contributed by atoms with Crippen molar-refractivity contribution < 1.29 is 23.8 Å². The van der Waals surface area contributed by atoms with E-state index < -0.39 is 6.10 Å². The lowest BCUT2D eigenvalue weighted by Gasteiger charge is -2.23. The van der Waals surface area contributed by atoms with Crippen LogP contribution in [0.25, 0.3) is 0 Å². The van der Waals surface area contributed by atoms with Crippen LogP contribution in [0.3, 0.4) is 0 Å². The smallest absolute Gasteiger partial charge is 0.264 e. The second-order valence-corrected chi connectivity index (χ2v) is 8.04. The first-order chi connectivity index (χ1) is 16.1. The molecule has 3 aromatic carbocycles. The van der Waals surface area contributed by atoms with Crippen molar-refractivity contribution in [1.29, 1.82) is 0 Å². The zero-order valence-corrected chi connectivity index (χ0v) is 18.2. The maximum atomic E-state index is 13.1. The average Bonchev–Trinajstić information content (AvgIpc) is 3.26. The van der Waals surface area contributed by atoms with Gasteiger partial charge in [-0.05, 0) is 48.4 Å². The van der Waals surface area contributed by atoms with Gasteiger partial charge in [0, 0.05) is 29.9 Å². The van der Waals surface area contributed by atoms with Crippen molar-refractivity contribution in [1.82, 2.24) is 4.90 Å². The quantitative estimate of drug-likeness (QED) is 0.633. The van der Waals surface area contributed by atoms with Gasteiger partial charge in [0.05, 0.1) is 0 Å². The van der Waals surface area contributed by atoms with E-state index in [9.17, 15) is 9.59 Å². The number of ether oxygens (including phenoxy) is 3. The van der Waals surface area contributed by atoms with Gasteiger partial charge in [0.2, 0.25) is 6.79 Å². The molecule has 7 nitrogen and oxygen atoms in total. The molecule has 0 aliphatic carbocycles. The number of nitrogens with one attached hydrogen (secondary N) is 1. The monoisotopic (exact) mass is 444 g/mol. The summed E-state index contributed by atoms with van der Waals surface area (Å²) in [4.78, 5) is 27.7. The molecule has 0 spiro atoms. The largest absolute Gasteiger partial charge is 0.480 e. The summed E-state index contributed by atoms with van der Waals surface area (Å²) in [6.45, 7) is 2.98. The second-order valence-electron chi connectivity index (χ2n) is 8.04. The van der Waals surface area contributed by atoms with Gasteiger partial charge < -0.3 is 24.4 Å². The van der Waals surface area contributed by atoms with Crippen molar-refractivity contribution in [3.05, 3.63) is 83.4 Å². The van der Waals surface area contributed by atoms with Crippen molar-refractivity contribution in [2.24, 2.45) is 0 Å². The van der Waals surface area contributed by atoms with E-state index in [0.29, 0.717) is 48.0 Å². The zero-order chi connectivity index (χ0) is 22.8. The normalized spacial score (nSPS) is 16.6. The van der Waals surface area contributed by atoms with Crippen molar-refractivity contribution in [3.63, 3.8) is 0 Å². The van der Waals surface area contributed by atoms with Gasteiger partial charge in [-0.2, -0.15) is 0 Å². The number of carbonyl (C=O) groups is 2. The van der Waals surface area contributed by atoms with Crippen LogP contribution >= 0.6 is 0 Å². The molecule has 0 fully saturated rings. The number of carbonyl (C=O) groups excluding carboxylic acids is 2. The van der Waals surface area contributed by atoms with Gasteiger partial charge in [0.25, 0.3) is 11.8 Å². The van der Waals surface area contributed by atoms with Gasteiger partial charge in [0.1, 0.15) is 5.75 Å². The zero-order valence-electron chi connectivity index (χ0n) is 18.2. The maximum absolute atomic E-state index is 13.1. The summed E-state index contributed by atoms with van der Waals surface area (Å²) in [6.07, 6.45) is 0.0376. The van der Waals surface area contributed by atoms with E-state index in [1.807, 2.05) is 49.4 Å². The molecule has 2 aliphatic heterocycles. The number of hydrogen-bond acceptors (Lipinski definition) is 5. The fraction of sp³-hybridized carbons (Fsp3) is 0.231. The van der Waals surface area contributed by atoms with Gasteiger partial charge in [-0.3, -0.25) is 9.59 Å². The molecule has 3 aromatic rings. The Labute approximate surface area is 191 Å². The van der Waals surface area contributed by atoms with Gasteiger partial charge in [-0.1, -0.05) is 37.3 Å². The van der Waals surface area contributed by atoms with E-state index in [-0.39, 0.29) is 18.6 Å². The molecule has 0 unspecified atom stereocenters. The Morgan fingerprint density at radius 1 is 1.00 bits per heavy atom. The predicted molar refractivity (Wildman–Crippen MR) is 122 cm³/mol. The van der Waals surface area contributed by atoms with Gasteiger partial charge >= 0.3 is 0 Å². The highest BCUT2D eigenvalue weighted by Crippen LogP contribution is 2.33. The molecule has 0 radical (unpaired) electrons. The van der Waals surface area contributed by atoms with Crippen molar-refractivity contribution >= 4 is 17.5 Å². The number of nitrogens with zero attached hydrogens (tertiary/aromatic N) is 1. The first-order valence-corrected chi connectivity index (χ1v) is 10.9. The van der Waals surface area contributed by atoms with E-state index >= 15 is 0 Å². The highest BCUT2D eigenvalue weighted by atomic mass is 16.7. The number of rotatable bonds is 5. The average molecular weight is 444 g/mol. The van der Waals surface area contributed by atoms with Crippen LogP contribution in [0.1, 0.15) is 34.8 Å². The Balaban J connectivity index is 1.38. The molecule has 168 valence electrons. The molecule has 0 saturated heterocycles. The first-order valence-electron chi connectivity index (χ1n) is 10.9. The summed E-state index contributed by atoms with van der Waals surface area (Å²) in [7, 11) is 0. The summed E-state index contributed by atoms with van der Waals surface area (Å²) >= 11 is 0. The topological polar surface area (TPSA) is 77.1 Å². The van der Waals surface area contributed by atoms with Crippen LogP contribution in [-0.2, 0) is 17.9 Å². The second kappa shape index (κ2) is 8.86. The Kier molecular flexibility index (Phi) is 5.60. The fourth-order valence-electron chi connectivity index (χ4n) is 4.02. The van der Waals surface area contributed by atoms with Crippen LogP contribution in [0.2, 0.25) is 0 Å². The van der Waals surface area contributed by atoms with Crippen LogP contribution in [0, 0.1) is 0 Å². The lowest BCUT2D eigenvalue weighted by molar-refractivity contribution is -0.139. The molecular formula is C26H24N2O5. The SMILES string of the molecule is CC[C@@H]1Oc2ccc(NC(=O)c3ccc4c(c3)OCO4)cc2CN(Cc2ccccc2)C1=O. The predicted octanol–water partition coefficient (Wildman–Crippen LogP) is 4.37. The molecule has 0 aromatic heterocycles. The Morgan fingerprint density at radius 3 is 2.61 bits per heavy atom. The van der Waals surface area contributed by atoms with Crippen LogP contribution in [0.4, 0.5) is 5.69 Å². The van der Waals surface area contributed by atoms with E-state index in [1.165, 1.54) is 0 Å². The number of amides is 2. The third kappa shape index (κ3) is 4.35.